The van der Waals surface area contributed by atoms with Crippen LogP contribution in [-0.4, -0.2) is 14.5 Å². The van der Waals surface area contributed by atoms with Crippen LogP contribution < -0.4 is 4.74 Å². The number of rotatable bonds is 4. The van der Waals surface area contributed by atoms with Crippen LogP contribution in [0.5, 0.6) is 5.88 Å². The highest BCUT2D eigenvalue weighted by Crippen LogP contribution is 2.25. The van der Waals surface area contributed by atoms with Crippen LogP contribution in [0.2, 0.25) is 5.02 Å². The lowest BCUT2D eigenvalue weighted by Crippen LogP contribution is -2.00. The van der Waals surface area contributed by atoms with E-state index < -0.39 is 0 Å². The second-order valence-electron chi connectivity index (χ2n) is 3.96. The van der Waals surface area contributed by atoms with Gasteiger partial charge in [-0.3, -0.25) is 4.40 Å². The molecule has 0 aliphatic heterocycles. The number of benzene rings is 1. The van der Waals surface area contributed by atoms with Crippen molar-refractivity contribution in [1.82, 2.24) is 9.38 Å². The topological polar surface area (TPSA) is 46.8 Å². The van der Waals surface area contributed by atoms with Crippen LogP contribution in [0.3, 0.4) is 0 Å². The normalized spacial score (nSPS) is 11.1. The molecule has 0 atom stereocenters. The molecule has 19 heavy (non-hydrogen) atoms. The fourth-order valence-corrected chi connectivity index (χ4v) is 2.75. The van der Waals surface area contributed by atoms with E-state index in [1.165, 1.54) is 11.3 Å². The van der Waals surface area contributed by atoms with Crippen molar-refractivity contribution in [3.8, 4) is 5.88 Å². The minimum Gasteiger partial charge on any atom is -0.471 e. The highest BCUT2D eigenvalue weighted by molar-refractivity contribution is 7.15. The number of hydrogen-bond acceptors (Lipinski definition) is 4. The average Bonchev–Trinajstić information content (AvgIpc) is 2.97. The molecular weight excluding hydrogens is 284 g/mol. The molecule has 1 N–H and O–H groups in total. The number of thiazole rings is 1. The SMILES string of the molecule is OCc1c(OCc2ccccc2Cl)nc2sccn12. The van der Waals surface area contributed by atoms with Gasteiger partial charge in [-0.05, 0) is 6.07 Å². The molecule has 0 bridgehead atoms. The van der Waals surface area contributed by atoms with E-state index in [2.05, 4.69) is 4.98 Å². The summed E-state index contributed by atoms with van der Waals surface area (Å²) in [5.74, 6) is 0.453. The first-order valence-electron chi connectivity index (χ1n) is 5.71. The van der Waals surface area contributed by atoms with Gasteiger partial charge in [0.25, 0.3) is 0 Å². The van der Waals surface area contributed by atoms with E-state index in [0.717, 1.165) is 10.5 Å². The van der Waals surface area contributed by atoms with E-state index in [4.69, 9.17) is 16.3 Å². The van der Waals surface area contributed by atoms with Crippen molar-refractivity contribution in [3.63, 3.8) is 0 Å². The number of halogens is 1. The van der Waals surface area contributed by atoms with Crippen LogP contribution in [0.25, 0.3) is 4.96 Å². The minimum absolute atomic E-state index is 0.115. The highest BCUT2D eigenvalue weighted by atomic mass is 35.5. The Morgan fingerprint density at radius 1 is 1.37 bits per heavy atom. The molecule has 2 aromatic heterocycles. The molecule has 0 aliphatic carbocycles. The van der Waals surface area contributed by atoms with E-state index in [0.29, 0.717) is 23.2 Å². The van der Waals surface area contributed by atoms with Crippen LogP contribution in [0.15, 0.2) is 35.8 Å². The zero-order valence-corrected chi connectivity index (χ0v) is 11.5. The summed E-state index contributed by atoms with van der Waals surface area (Å²) in [5.41, 5.74) is 1.55. The molecule has 0 saturated carbocycles. The first-order valence-corrected chi connectivity index (χ1v) is 6.97. The summed E-state index contributed by atoms with van der Waals surface area (Å²) in [6.45, 7) is 0.216. The van der Waals surface area contributed by atoms with Gasteiger partial charge in [0, 0.05) is 22.2 Å². The van der Waals surface area contributed by atoms with Crippen LogP contribution in [0, 0.1) is 0 Å². The number of nitrogens with zero attached hydrogens (tertiary/aromatic N) is 2. The Balaban J connectivity index is 1.85. The van der Waals surface area contributed by atoms with Gasteiger partial charge in [-0.2, -0.15) is 4.98 Å². The molecule has 3 rings (SSSR count). The zero-order valence-electron chi connectivity index (χ0n) is 9.91. The second-order valence-corrected chi connectivity index (χ2v) is 5.24. The second kappa shape index (κ2) is 5.21. The third-order valence-corrected chi connectivity index (χ3v) is 3.92. The Kier molecular flexibility index (Phi) is 3.42. The Bertz CT molecular complexity index is 708. The molecule has 2 heterocycles. The van der Waals surface area contributed by atoms with Gasteiger partial charge in [-0.15, -0.1) is 11.3 Å². The van der Waals surface area contributed by atoms with Gasteiger partial charge in [0.05, 0.1) is 6.61 Å². The van der Waals surface area contributed by atoms with Crippen molar-refractivity contribution >= 4 is 27.9 Å². The lowest BCUT2D eigenvalue weighted by molar-refractivity contribution is 0.250. The molecule has 0 saturated heterocycles. The Hall–Kier alpha value is -1.56. The first kappa shape index (κ1) is 12.5. The molecule has 3 aromatic rings. The van der Waals surface area contributed by atoms with Crippen LogP contribution in [0.4, 0.5) is 0 Å². The lowest BCUT2D eigenvalue weighted by atomic mass is 10.2. The largest absolute Gasteiger partial charge is 0.471 e. The fraction of sp³-hybridized carbons (Fsp3) is 0.154. The third-order valence-electron chi connectivity index (χ3n) is 2.80. The predicted molar refractivity (Wildman–Crippen MR) is 74.8 cm³/mol. The van der Waals surface area contributed by atoms with Gasteiger partial charge in [-0.1, -0.05) is 29.8 Å². The van der Waals surface area contributed by atoms with Gasteiger partial charge in [0.15, 0.2) is 4.96 Å². The minimum atomic E-state index is -0.115. The Labute approximate surface area is 118 Å². The standard InChI is InChI=1S/C13H11ClN2O2S/c14-10-4-2-1-3-9(10)8-18-12-11(7-17)16-5-6-19-13(16)15-12/h1-6,17H,7-8H2. The fourth-order valence-electron chi connectivity index (χ4n) is 1.83. The van der Waals surface area contributed by atoms with E-state index in [1.807, 2.05) is 40.2 Å². The van der Waals surface area contributed by atoms with E-state index in [-0.39, 0.29) is 6.61 Å². The summed E-state index contributed by atoms with van der Waals surface area (Å²) in [6, 6.07) is 7.50. The van der Waals surface area contributed by atoms with Crippen molar-refractivity contribution in [2.75, 3.05) is 0 Å². The Morgan fingerprint density at radius 3 is 3.00 bits per heavy atom. The number of aliphatic hydroxyl groups is 1. The van der Waals surface area contributed by atoms with Crippen LogP contribution in [-0.2, 0) is 13.2 Å². The van der Waals surface area contributed by atoms with Gasteiger partial charge in [0.2, 0.25) is 5.88 Å². The monoisotopic (exact) mass is 294 g/mol. The maximum absolute atomic E-state index is 9.41. The van der Waals surface area contributed by atoms with Crippen molar-refractivity contribution in [3.05, 3.63) is 52.1 Å². The maximum atomic E-state index is 9.41. The van der Waals surface area contributed by atoms with Crippen molar-refractivity contribution < 1.29 is 9.84 Å². The molecular formula is C13H11ClN2O2S. The summed E-state index contributed by atoms with van der Waals surface area (Å²) in [4.78, 5) is 5.15. The van der Waals surface area contributed by atoms with Crippen molar-refractivity contribution in [2.24, 2.45) is 0 Å². The number of hydrogen-bond donors (Lipinski definition) is 1. The number of aliphatic hydroxyl groups excluding tert-OH is 1. The number of ether oxygens (including phenoxy) is 1. The summed E-state index contributed by atoms with van der Waals surface area (Å²) in [5, 5.41) is 12.0. The molecule has 1 aromatic carbocycles. The van der Waals surface area contributed by atoms with Crippen LogP contribution >= 0.6 is 22.9 Å². The van der Waals surface area contributed by atoms with E-state index >= 15 is 0 Å². The molecule has 98 valence electrons. The van der Waals surface area contributed by atoms with Gasteiger partial charge in [0.1, 0.15) is 12.3 Å². The summed E-state index contributed by atoms with van der Waals surface area (Å²) in [6.07, 6.45) is 1.86. The van der Waals surface area contributed by atoms with Gasteiger partial charge < -0.3 is 9.84 Å². The molecule has 4 nitrogen and oxygen atoms in total. The van der Waals surface area contributed by atoms with Gasteiger partial charge in [-0.25, -0.2) is 0 Å². The molecule has 0 fully saturated rings. The summed E-state index contributed by atoms with van der Waals surface area (Å²) in [7, 11) is 0. The third kappa shape index (κ3) is 2.32. The molecule has 0 spiro atoms. The zero-order chi connectivity index (χ0) is 13.2. The number of fused-ring (bicyclic) bond motifs is 1. The quantitative estimate of drug-likeness (QED) is 0.804. The Morgan fingerprint density at radius 2 is 2.21 bits per heavy atom. The molecule has 6 heteroatoms. The smallest absolute Gasteiger partial charge is 0.239 e. The van der Waals surface area contributed by atoms with E-state index in [9.17, 15) is 5.11 Å². The van der Waals surface area contributed by atoms with Gasteiger partial charge >= 0.3 is 0 Å². The lowest BCUT2D eigenvalue weighted by Gasteiger charge is -2.06. The maximum Gasteiger partial charge on any atom is 0.239 e. The van der Waals surface area contributed by atoms with Crippen molar-refractivity contribution in [2.45, 2.75) is 13.2 Å². The average molecular weight is 295 g/mol. The molecule has 0 aliphatic rings. The number of aromatic nitrogens is 2. The van der Waals surface area contributed by atoms with E-state index in [1.54, 1.807) is 0 Å². The number of imidazole rings is 1. The van der Waals surface area contributed by atoms with Crippen molar-refractivity contribution in [1.29, 1.82) is 0 Å². The molecule has 0 radical (unpaired) electrons. The molecule has 0 amide bonds. The predicted octanol–water partition coefficient (Wildman–Crippen LogP) is 3.12. The summed E-state index contributed by atoms with van der Waals surface area (Å²) >= 11 is 7.57. The first-order chi connectivity index (χ1) is 9.29. The highest BCUT2D eigenvalue weighted by Gasteiger charge is 2.14. The summed E-state index contributed by atoms with van der Waals surface area (Å²) < 4.78 is 7.49. The van der Waals surface area contributed by atoms with Crippen LogP contribution in [0.1, 0.15) is 11.3 Å². The molecule has 0 unspecified atom stereocenters.